The summed E-state index contributed by atoms with van der Waals surface area (Å²) in [4.78, 5) is 27.6. The molecule has 3 rings (SSSR count). The molecule has 0 bridgehead atoms. The molecule has 1 aliphatic rings. The van der Waals surface area contributed by atoms with Gasteiger partial charge < -0.3 is 14.9 Å². The van der Waals surface area contributed by atoms with Crippen LogP contribution in [0.25, 0.3) is 0 Å². The van der Waals surface area contributed by atoms with Crippen molar-refractivity contribution in [3.63, 3.8) is 0 Å². The molecule has 28 heavy (non-hydrogen) atoms. The minimum absolute atomic E-state index is 0.0240. The van der Waals surface area contributed by atoms with Crippen LogP contribution in [0.2, 0.25) is 0 Å². The molecule has 0 saturated carbocycles. The predicted octanol–water partition coefficient (Wildman–Crippen LogP) is 4.60. The van der Waals surface area contributed by atoms with Gasteiger partial charge in [-0.15, -0.1) is 0 Å². The first-order valence-electron chi connectivity index (χ1n) is 9.75. The highest BCUT2D eigenvalue weighted by Gasteiger charge is 2.27. The second kappa shape index (κ2) is 8.05. The summed E-state index contributed by atoms with van der Waals surface area (Å²) in [7, 11) is 1.59. The Labute approximate surface area is 166 Å². The Hall–Kier alpha value is -2.82. The molecule has 0 aliphatic carbocycles. The summed E-state index contributed by atoms with van der Waals surface area (Å²) >= 11 is 0. The SMILES string of the molecule is CN(C(=O)O)C(C)(C)CCc1cccc(C(=O)N2CCCc3ccccc32)c1. The van der Waals surface area contributed by atoms with Gasteiger partial charge >= 0.3 is 6.09 Å². The molecule has 1 aliphatic heterocycles. The number of carboxylic acid groups (broad SMARTS) is 1. The van der Waals surface area contributed by atoms with E-state index in [4.69, 9.17) is 0 Å². The number of hydrogen-bond acceptors (Lipinski definition) is 2. The number of fused-ring (bicyclic) bond motifs is 1. The van der Waals surface area contributed by atoms with Gasteiger partial charge in [0.2, 0.25) is 0 Å². The number of para-hydroxylation sites is 1. The van der Waals surface area contributed by atoms with Crippen molar-refractivity contribution in [1.29, 1.82) is 0 Å². The summed E-state index contributed by atoms with van der Waals surface area (Å²) in [5.41, 5.74) is 3.48. The van der Waals surface area contributed by atoms with E-state index in [0.717, 1.165) is 30.6 Å². The molecule has 2 aromatic rings. The maximum atomic E-state index is 13.2. The Balaban J connectivity index is 1.75. The molecule has 148 valence electrons. The quantitative estimate of drug-likeness (QED) is 0.825. The molecule has 0 unspecified atom stereocenters. The molecule has 0 spiro atoms. The van der Waals surface area contributed by atoms with Crippen LogP contribution >= 0.6 is 0 Å². The summed E-state index contributed by atoms with van der Waals surface area (Å²) in [5, 5.41) is 9.23. The molecule has 1 heterocycles. The molecular weight excluding hydrogens is 352 g/mol. The summed E-state index contributed by atoms with van der Waals surface area (Å²) < 4.78 is 0. The van der Waals surface area contributed by atoms with E-state index in [2.05, 4.69) is 6.07 Å². The van der Waals surface area contributed by atoms with Crippen molar-refractivity contribution in [2.24, 2.45) is 0 Å². The minimum atomic E-state index is -0.933. The first-order chi connectivity index (χ1) is 13.3. The smallest absolute Gasteiger partial charge is 0.407 e. The Morgan fingerprint density at radius 3 is 2.64 bits per heavy atom. The van der Waals surface area contributed by atoms with Crippen LogP contribution in [-0.4, -0.2) is 41.1 Å². The molecule has 0 saturated heterocycles. The van der Waals surface area contributed by atoms with Crippen LogP contribution in [0.5, 0.6) is 0 Å². The van der Waals surface area contributed by atoms with Crippen molar-refractivity contribution in [3.8, 4) is 0 Å². The Kier molecular flexibility index (Phi) is 5.73. The van der Waals surface area contributed by atoms with Crippen molar-refractivity contribution < 1.29 is 14.7 Å². The van der Waals surface area contributed by atoms with Crippen LogP contribution in [0, 0.1) is 0 Å². The Morgan fingerprint density at radius 1 is 1.14 bits per heavy atom. The van der Waals surface area contributed by atoms with Crippen molar-refractivity contribution in [2.75, 3.05) is 18.5 Å². The Bertz CT molecular complexity index is 876. The van der Waals surface area contributed by atoms with Gasteiger partial charge in [-0.3, -0.25) is 4.79 Å². The topological polar surface area (TPSA) is 60.9 Å². The third-order valence-corrected chi connectivity index (χ3v) is 5.75. The number of carbonyl (C=O) groups excluding carboxylic acids is 1. The van der Waals surface area contributed by atoms with E-state index < -0.39 is 11.6 Å². The van der Waals surface area contributed by atoms with Gasteiger partial charge in [0.1, 0.15) is 0 Å². The lowest BCUT2D eigenvalue weighted by Gasteiger charge is -2.33. The summed E-state index contributed by atoms with van der Waals surface area (Å²) in [6, 6.07) is 15.8. The minimum Gasteiger partial charge on any atom is -0.465 e. The van der Waals surface area contributed by atoms with Crippen molar-refractivity contribution in [2.45, 2.75) is 45.1 Å². The van der Waals surface area contributed by atoms with Crippen LogP contribution < -0.4 is 4.90 Å². The normalized spacial score (nSPS) is 13.8. The molecule has 0 atom stereocenters. The van der Waals surface area contributed by atoms with E-state index in [1.165, 1.54) is 10.5 Å². The number of rotatable bonds is 5. The lowest BCUT2D eigenvalue weighted by Crippen LogP contribution is -2.44. The van der Waals surface area contributed by atoms with Gasteiger partial charge in [0.05, 0.1) is 0 Å². The van der Waals surface area contributed by atoms with Crippen LogP contribution in [0.1, 0.15) is 48.2 Å². The van der Waals surface area contributed by atoms with E-state index in [0.29, 0.717) is 18.4 Å². The zero-order valence-electron chi connectivity index (χ0n) is 16.8. The largest absolute Gasteiger partial charge is 0.465 e. The van der Waals surface area contributed by atoms with Crippen LogP contribution in [0.3, 0.4) is 0 Å². The fourth-order valence-corrected chi connectivity index (χ4v) is 3.64. The monoisotopic (exact) mass is 380 g/mol. The highest BCUT2D eigenvalue weighted by atomic mass is 16.4. The van der Waals surface area contributed by atoms with Crippen molar-refractivity contribution in [1.82, 2.24) is 4.90 Å². The van der Waals surface area contributed by atoms with Gasteiger partial charge in [0.25, 0.3) is 5.91 Å². The number of aryl methyl sites for hydroxylation is 2. The fraction of sp³-hybridized carbons (Fsp3) is 0.391. The average molecular weight is 380 g/mol. The summed E-state index contributed by atoms with van der Waals surface area (Å²) in [6.45, 7) is 4.57. The lowest BCUT2D eigenvalue weighted by molar-refractivity contribution is 0.0984. The van der Waals surface area contributed by atoms with Crippen LogP contribution in [0.4, 0.5) is 10.5 Å². The van der Waals surface area contributed by atoms with E-state index in [1.54, 1.807) is 7.05 Å². The van der Waals surface area contributed by atoms with E-state index >= 15 is 0 Å². The Morgan fingerprint density at radius 2 is 1.89 bits per heavy atom. The third-order valence-electron chi connectivity index (χ3n) is 5.75. The van der Waals surface area contributed by atoms with E-state index in [9.17, 15) is 14.7 Å². The molecule has 0 fully saturated rings. The van der Waals surface area contributed by atoms with Gasteiger partial charge in [-0.1, -0.05) is 30.3 Å². The number of carbonyl (C=O) groups is 2. The molecular formula is C23H28N2O3. The second-order valence-corrected chi connectivity index (χ2v) is 8.04. The molecule has 1 N–H and O–H groups in total. The highest BCUT2D eigenvalue weighted by molar-refractivity contribution is 6.06. The number of anilines is 1. The maximum absolute atomic E-state index is 13.2. The average Bonchev–Trinajstić information content (AvgIpc) is 2.71. The van der Waals surface area contributed by atoms with Crippen molar-refractivity contribution in [3.05, 3.63) is 65.2 Å². The number of amides is 2. The number of benzene rings is 2. The fourth-order valence-electron chi connectivity index (χ4n) is 3.64. The first kappa shape index (κ1) is 19.9. The second-order valence-electron chi connectivity index (χ2n) is 8.04. The van der Waals surface area contributed by atoms with Gasteiger partial charge in [0.15, 0.2) is 0 Å². The van der Waals surface area contributed by atoms with Gasteiger partial charge in [-0.25, -0.2) is 4.79 Å². The van der Waals surface area contributed by atoms with Crippen LogP contribution in [-0.2, 0) is 12.8 Å². The van der Waals surface area contributed by atoms with Crippen LogP contribution in [0.15, 0.2) is 48.5 Å². The standard InChI is InChI=1S/C23H28N2O3/c1-23(2,24(3)22(27)28)14-13-17-8-6-10-19(16-17)21(26)25-15-7-11-18-9-4-5-12-20(18)25/h4-6,8-10,12,16H,7,11,13-15H2,1-3H3,(H,27,28). The highest BCUT2D eigenvalue weighted by Crippen LogP contribution is 2.28. The zero-order valence-corrected chi connectivity index (χ0v) is 16.8. The van der Waals surface area contributed by atoms with Crippen molar-refractivity contribution >= 4 is 17.7 Å². The molecule has 2 aromatic carbocycles. The lowest BCUT2D eigenvalue weighted by atomic mass is 9.93. The maximum Gasteiger partial charge on any atom is 0.407 e. The number of hydrogen-bond donors (Lipinski definition) is 1. The van der Waals surface area contributed by atoms with E-state index in [-0.39, 0.29) is 5.91 Å². The molecule has 5 nitrogen and oxygen atoms in total. The van der Waals surface area contributed by atoms with E-state index in [1.807, 2.05) is 61.2 Å². The third kappa shape index (κ3) is 4.19. The first-order valence-corrected chi connectivity index (χ1v) is 9.75. The van der Waals surface area contributed by atoms with Gasteiger partial charge in [-0.2, -0.15) is 0 Å². The van der Waals surface area contributed by atoms with Gasteiger partial charge in [-0.05, 0) is 68.9 Å². The summed E-state index contributed by atoms with van der Waals surface area (Å²) in [5.74, 6) is 0.0240. The zero-order chi connectivity index (χ0) is 20.3. The molecule has 2 amide bonds. The van der Waals surface area contributed by atoms with Gasteiger partial charge in [0, 0.05) is 30.4 Å². The number of nitrogens with zero attached hydrogens (tertiary/aromatic N) is 2. The molecule has 5 heteroatoms. The molecule has 0 radical (unpaired) electrons. The predicted molar refractivity (Wildman–Crippen MR) is 111 cm³/mol. The summed E-state index contributed by atoms with van der Waals surface area (Å²) in [6.07, 6.45) is 2.44. The molecule has 0 aromatic heterocycles.